The van der Waals surface area contributed by atoms with E-state index in [4.69, 9.17) is 58.2 Å². The quantitative estimate of drug-likeness (QED) is 0.00524. The molecule has 52 heteroatoms. The average molecular weight is 2100 g/mol. The summed E-state index contributed by atoms with van der Waals surface area (Å²) in [6, 6.07) is 8.30. The van der Waals surface area contributed by atoms with Crippen LogP contribution in [0.1, 0.15) is 138 Å². The summed E-state index contributed by atoms with van der Waals surface area (Å²) in [7, 11) is 1.72. The molecule has 1 aliphatic carbocycles. The normalized spacial score (nSPS) is 19.1. The number of aromatic nitrogens is 1. The number of amides is 11. The van der Waals surface area contributed by atoms with Gasteiger partial charge in [0.1, 0.15) is 65.8 Å². The molecule has 30 N–H and O–H groups in total. The van der Waals surface area contributed by atoms with Crippen LogP contribution in [-0.2, 0) is 92.5 Å². The molecular weight excluding hydrogens is 1970 g/mol. The number of hydrogen-bond donors (Lipinski definition) is 27. The van der Waals surface area contributed by atoms with Crippen LogP contribution in [0.4, 0.5) is 5.69 Å². The Balaban J connectivity index is 0.860. The molecule has 146 heavy (non-hydrogen) atoms. The zero-order chi connectivity index (χ0) is 106. The van der Waals surface area contributed by atoms with Gasteiger partial charge in [-0.3, -0.25) is 88.0 Å². The van der Waals surface area contributed by atoms with Crippen molar-refractivity contribution < 1.29 is 131 Å². The summed E-state index contributed by atoms with van der Waals surface area (Å²) < 4.78 is 28.8. The number of nitrogens with zero attached hydrogens (tertiary/aromatic N) is 1. The second kappa shape index (κ2) is 63.4. The lowest BCUT2D eigenvalue weighted by atomic mass is 9.90. The predicted octanol–water partition coefficient (Wildman–Crippen LogP) is -1.36. The molecule has 0 radical (unpaired) electrons. The second-order valence-electron chi connectivity index (χ2n) is 34.4. The number of aliphatic hydroxyl groups excluding tert-OH is 2. The van der Waals surface area contributed by atoms with E-state index in [1.54, 1.807) is 18.2 Å². The molecule has 8 rings (SSSR count). The largest absolute Gasteiger partial charge is 0.508 e. The highest BCUT2D eigenvalue weighted by atomic mass is 33.1. The summed E-state index contributed by atoms with van der Waals surface area (Å²) in [5, 5.41) is 123. The van der Waals surface area contributed by atoms with Gasteiger partial charge in [0.2, 0.25) is 65.0 Å². The van der Waals surface area contributed by atoms with Crippen molar-refractivity contribution >= 4 is 161 Å². The number of aromatic hydroxyl groups is 1. The topological polar surface area (TPSA) is 766 Å². The van der Waals surface area contributed by atoms with Crippen molar-refractivity contribution in [3.05, 3.63) is 106 Å². The molecule has 11 amide bonds. The van der Waals surface area contributed by atoms with E-state index in [0.717, 1.165) is 43.0 Å². The number of carbonyl (C=O) groups excluding carboxylic acids is 11. The van der Waals surface area contributed by atoms with Crippen LogP contribution in [0.15, 0.2) is 94.3 Å². The van der Waals surface area contributed by atoms with Crippen molar-refractivity contribution in [2.24, 2.45) is 17.2 Å². The number of thiocarbonyl (C=S) groups is 1. The number of aliphatic hydroxyl groups is 2. The number of anilines is 1. The number of carboxylic acid groups (broad SMARTS) is 4. The fourth-order valence-corrected chi connectivity index (χ4v) is 18.5. The van der Waals surface area contributed by atoms with Crippen LogP contribution in [-0.4, -0.2) is 336 Å². The molecule has 11 unspecified atom stereocenters. The summed E-state index contributed by atoms with van der Waals surface area (Å²) in [6.45, 7) is -1.05. The summed E-state index contributed by atoms with van der Waals surface area (Å²) in [6.07, 6.45) is 0.147. The molecule has 0 saturated carbocycles. The Kier molecular flexibility index (Phi) is 51.4. The van der Waals surface area contributed by atoms with Crippen molar-refractivity contribution in [1.29, 1.82) is 5.41 Å². The zero-order valence-corrected chi connectivity index (χ0v) is 83.1. The fourth-order valence-electron chi connectivity index (χ4n) is 15.8. The first-order chi connectivity index (χ1) is 70.1. The first-order valence-corrected chi connectivity index (χ1v) is 50.9. The number of rotatable bonds is 52. The van der Waals surface area contributed by atoms with Gasteiger partial charge in [-0.25, -0.2) is 4.79 Å². The van der Waals surface area contributed by atoms with Crippen molar-refractivity contribution in [3.63, 3.8) is 0 Å². The van der Waals surface area contributed by atoms with E-state index in [9.17, 15) is 112 Å². The number of guanidine groups is 1. The summed E-state index contributed by atoms with van der Waals surface area (Å²) >= 11 is 5.61. The Morgan fingerprint density at radius 1 is 0.582 bits per heavy atom. The standard InChI is InChI=1S/C94H133N21O28S3/c95-29-6-3-15-64(107-75(118)20-9-12-54-49-103-63-14-2-1-13-58(54)63)83(127)99-33-38-141-42-40-139-36-27-76(119)108-65(17-5-8-31-102-94(144)106-55-21-24-59(62(44-55)91(135)136)82-60-25-22-56(116)45-73(60)143-74-46-57(117)23-26-61(74)82)84(128)100-34-39-142-43-41-140-37-28-77(120)110-70-52-145-146-53-71(92(137)138)114-88(132)69(48-81(125)126)113-90(134)72-19-11-35-115(72)79(122)51-105-86(130)66(16-4-7-30-96)111-87(131)68(47-80(123)124)109-78(121)50-104-85(129)67(112-89(70)133)18-10-32-101-93(97)98/h1-2,13-14,21-26,44-46,49,64-72,88-89,103,112,114,116,132-133H,3-12,15-20,27-43,47-48,50-53,95-96H2,(H,99,127)(H,100,128)(H,104,129)(H,105,130)(H,107,118)(H,108,119)(H,109,121)(H,110,120)(H,111,131)(H,113,134)(H,123,124)(H,125,126)(H,135,136)(H,137,138)(H4,97,98,101)(H2,102,106,144). The molecule has 3 aromatic carbocycles. The van der Waals surface area contributed by atoms with Gasteiger partial charge < -0.3 is 155 Å². The molecule has 0 bridgehead atoms. The Hall–Kier alpha value is -13.0. The number of phenols is 1. The number of hydrogen-bond acceptors (Lipinski definition) is 32. The molecule has 1 aromatic heterocycles. The highest BCUT2D eigenvalue weighted by Crippen LogP contribution is 2.43. The minimum Gasteiger partial charge on any atom is -0.508 e. The number of nitrogens with one attached hydrogen (secondary N) is 17. The second-order valence-corrected chi connectivity index (χ2v) is 37.3. The number of aromatic amines is 1. The molecule has 800 valence electrons. The number of phenolic OH excluding ortho intramolecular Hbond substituents is 1. The maximum atomic E-state index is 14.1. The number of aliphatic carboxylic acids is 3. The Morgan fingerprint density at radius 2 is 1.21 bits per heavy atom. The lowest BCUT2D eigenvalue weighted by Crippen LogP contribution is -2.59. The number of carbonyl (C=O) groups is 15. The van der Waals surface area contributed by atoms with Gasteiger partial charge in [-0.05, 0) is 175 Å². The number of carboxylic acids is 4. The van der Waals surface area contributed by atoms with E-state index in [2.05, 4.69) is 84.7 Å². The van der Waals surface area contributed by atoms with Crippen molar-refractivity contribution in [3.8, 4) is 28.2 Å². The minimum atomic E-state index is -2.06. The lowest BCUT2D eigenvalue weighted by molar-refractivity contribution is -0.142. The lowest BCUT2D eigenvalue weighted by Gasteiger charge is -2.30. The first kappa shape index (κ1) is 118. The molecule has 11 atom stereocenters. The summed E-state index contributed by atoms with van der Waals surface area (Å²) in [5.74, 6) is -15.4. The molecule has 2 saturated heterocycles. The van der Waals surface area contributed by atoms with Crippen LogP contribution in [0.25, 0.3) is 44.3 Å². The fraction of sp³-hybridized carbons (Fsp3) is 0.532. The number of aromatic carboxylic acids is 1. The van der Waals surface area contributed by atoms with Gasteiger partial charge in [0, 0.05) is 115 Å². The number of aryl methyl sites for hydroxylation is 1. The van der Waals surface area contributed by atoms with Crippen LogP contribution in [0.2, 0.25) is 0 Å². The Bertz CT molecular complexity index is 5430. The third kappa shape index (κ3) is 41.1. The maximum absolute atomic E-state index is 14.1. The van der Waals surface area contributed by atoms with Crippen LogP contribution in [0.3, 0.4) is 0 Å². The number of nitrogens with two attached hydrogens (primary N) is 3. The molecule has 4 aliphatic rings. The van der Waals surface area contributed by atoms with Gasteiger partial charge in [0.25, 0.3) is 0 Å². The summed E-state index contributed by atoms with van der Waals surface area (Å²) in [4.78, 5) is 218. The van der Waals surface area contributed by atoms with Crippen LogP contribution in [0.5, 0.6) is 5.75 Å². The zero-order valence-electron chi connectivity index (χ0n) is 80.6. The van der Waals surface area contributed by atoms with E-state index in [-0.39, 0.29) is 213 Å². The van der Waals surface area contributed by atoms with Crippen molar-refractivity contribution in [1.82, 2.24) is 84.3 Å². The van der Waals surface area contributed by atoms with Gasteiger partial charge in [-0.15, -0.1) is 0 Å². The summed E-state index contributed by atoms with van der Waals surface area (Å²) in [5.41, 5.74) is 20.2. The number of fused-ring (bicyclic) bond motifs is 4. The van der Waals surface area contributed by atoms with Crippen molar-refractivity contribution in [2.45, 2.75) is 195 Å². The molecule has 2 fully saturated rings. The van der Waals surface area contributed by atoms with Gasteiger partial charge >= 0.3 is 23.9 Å². The molecule has 3 aliphatic heterocycles. The van der Waals surface area contributed by atoms with Crippen molar-refractivity contribution in [2.75, 3.05) is 129 Å². The van der Waals surface area contributed by atoms with Gasteiger partial charge in [0.15, 0.2) is 16.5 Å². The molecule has 4 heterocycles. The van der Waals surface area contributed by atoms with E-state index in [0.29, 0.717) is 80.1 Å². The predicted molar refractivity (Wildman–Crippen MR) is 541 cm³/mol. The number of unbranched alkanes of at least 4 members (excludes halogenated alkanes) is 3. The SMILES string of the molecule is N=C(N)NCCCC1NC(O)C(NC(=O)CCOCCOCCNC(=O)C(CCCCNC(=S)Nc2ccc(-c3c4ccc(=O)cc-4oc4cc(O)ccc34)c(C(=O)O)c2)NC(=O)CCOCCOCCNC(=O)C(CCCCN)NC(=O)CCCc2c[nH]c3ccccc23)CSSCC(C(=O)O)NC(O)C(CC(=O)O)NC(=O)C2CCCN2C(=O)CNC(=O)C(CCCCN)NC(=O)C(CC(=O)O)NC(=O)CNC1=O. The molecule has 0 spiro atoms. The van der Waals surface area contributed by atoms with Gasteiger partial charge in [-0.2, -0.15) is 0 Å². The van der Waals surface area contributed by atoms with E-state index in [1.165, 1.54) is 36.4 Å². The highest BCUT2D eigenvalue weighted by Gasteiger charge is 2.40. The Labute approximate surface area is 853 Å². The van der Waals surface area contributed by atoms with Crippen LogP contribution >= 0.6 is 33.8 Å². The van der Waals surface area contributed by atoms with E-state index < -0.39 is 182 Å². The molecule has 49 nitrogen and oxygen atoms in total. The maximum Gasteiger partial charge on any atom is 0.336 e. The number of benzene rings is 4. The van der Waals surface area contributed by atoms with Gasteiger partial charge in [-0.1, -0.05) is 45.9 Å². The van der Waals surface area contributed by atoms with Crippen LogP contribution < -0.4 is 102 Å². The minimum absolute atomic E-state index is 0.000161. The first-order valence-electron chi connectivity index (χ1n) is 48.0. The monoisotopic (exact) mass is 2100 g/mol. The number of para-hydroxylation sites is 1. The Morgan fingerprint density at radius 3 is 1.88 bits per heavy atom. The van der Waals surface area contributed by atoms with E-state index >= 15 is 0 Å². The molecule has 4 aromatic rings. The van der Waals surface area contributed by atoms with E-state index in [1.807, 2.05) is 30.5 Å². The smallest absolute Gasteiger partial charge is 0.336 e. The number of ether oxygens (including phenoxy) is 4. The van der Waals surface area contributed by atoms with Crippen LogP contribution in [0, 0.1) is 5.41 Å². The highest BCUT2D eigenvalue weighted by molar-refractivity contribution is 8.76. The number of H-pyrrole nitrogens is 1. The third-order valence-corrected chi connectivity index (χ3v) is 26.0. The molecular formula is C94H133N21O28S3. The van der Waals surface area contributed by atoms with Gasteiger partial charge in [0.05, 0.1) is 102 Å². The average Bonchev–Trinajstić information content (AvgIpc) is 0.919. The third-order valence-electron chi connectivity index (χ3n) is 23.3.